The molecule has 0 aliphatic rings. The number of hydrogen-bond donors (Lipinski definition) is 1. The Morgan fingerprint density at radius 2 is 2.38 bits per heavy atom. The van der Waals surface area contributed by atoms with Gasteiger partial charge in [0.05, 0.1) is 0 Å². The first-order chi connectivity index (χ1) is 6.20. The van der Waals surface area contributed by atoms with Gasteiger partial charge in [0.25, 0.3) is 0 Å². The Morgan fingerprint density at radius 3 is 2.92 bits per heavy atom. The molecule has 0 amide bonds. The summed E-state index contributed by atoms with van der Waals surface area (Å²) in [7, 11) is 0. The molecule has 0 aliphatic heterocycles. The van der Waals surface area contributed by atoms with Crippen LogP contribution < -0.4 is 5.73 Å². The van der Waals surface area contributed by atoms with Crippen molar-refractivity contribution in [1.29, 1.82) is 0 Å². The SMILES string of the molecule is CC(=O)O/N=C(/N)c1ccccn1. The Kier molecular flexibility index (Phi) is 2.97. The van der Waals surface area contributed by atoms with Gasteiger partial charge >= 0.3 is 5.97 Å². The standard InChI is InChI=1S/C8H9N3O2/c1-6(12)13-11-8(9)7-4-2-3-5-10-7/h2-5H,1H3,(H2,9,11). The average molecular weight is 179 g/mol. The summed E-state index contributed by atoms with van der Waals surface area (Å²) in [6, 6.07) is 5.18. The van der Waals surface area contributed by atoms with E-state index in [1.54, 1.807) is 24.4 Å². The molecule has 2 N–H and O–H groups in total. The number of nitrogens with zero attached hydrogens (tertiary/aromatic N) is 2. The molecule has 0 aliphatic carbocycles. The van der Waals surface area contributed by atoms with Gasteiger partial charge in [-0.05, 0) is 12.1 Å². The number of carbonyl (C=O) groups is 1. The molecule has 0 saturated carbocycles. The highest BCUT2D eigenvalue weighted by Crippen LogP contribution is 1.92. The number of nitrogens with two attached hydrogens (primary N) is 1. The highest BCUT2D eigenvalue weighted by atomic mass is 16.7. The number of hydrogen-bond acceptors (Lipinski definition) is 4. The normalized spacial score (nSPS) is 11.0. The Bertz CT molecular complexity index is 321. The number of carbonyl (C=O) groups excluding carboxylic acids is 1. The third-order valence-electron chi connectivity index (χ3n) is 1.20. The van der Waals surface area contributed by atoms with Crippen molar-refractivity contribution in [3.05, 3.63) is 30.1 Å². The van der Waals surface area contributed by atoms with E-state index in [1.807, 2.05) is 0 Å². The quantitative estimate of drug-likeness (QED) is 0.306. The Morgan fingerprint density at radius 1 is 1.62 bits per heavy atom. The predicted molar refractivity (Wildman–Crippen MR) is 46.7 cm³/mol. The maximum atomic E-state index is 10.4. The minimum atomic E-state index is -0.515. The Hall–Kier alpha value is -1.91. The van der Waals surface area contributed by atoms with Crippen molar-refractivity contribution in [1.82, 2.24) is 4.98 Å². The molecule has 0 aromatic carbocycles. The molecule has 0 bridgehead atoms. The van der Waals surface area contributed by atoms with Crippen molar-refractivity contribution in [2.75, 3.05) is 0 Å². The van der Waals surface area contributed by atoms with E-state index in [1.165, 1.54) is 6.92 Å². The lowest BCUT2D eigenvalue weighted by atomic mass is 10.3. The van der Waals surface area contributed by atoms with Crippen LogP contribution in [0.25, 0.3) is 0 Å². The lowest BCUT2D eigenvalue weighted by Crippen LogP contribution is -2.15. The molecule has 1 heterocycles. The summed E-state index contributed by atoms with van der Waals surface area (Å²) >= 11 is 0. The molecule has 0 atom stereocenters. The van der Waals surface area contributed by atoms with Crippen LogP contribution in [-0.2, 0) is 9.63 Å². The maximum absolute atomic E-state index is 10.4. The largest absolute Gasteiger partial charge is 0.379 e. The van der Waals surface area contributed by atoms with E-state index in [2.05, 4.69) is 15.0 Å². The predicted octanol–water partition coefficient (Wildman–Crippen LogP) is 0.265. The van der Waals surface area contributed by atoms with Gasteiger partial charge in [-0.15, -0.1) is 0 Å². The molecule has 0 radical (unpaired) electrons. The van der Waals surface area contributed by atoms with Crippen LogP contribution in [0.5, 0.6) is 0 Å². The van der Waals surface area contributed by atoms with Gasteiger partial charge in [-0.1, -0.05) is 11.2 Å². The first-order valence-corrected chi connectivity index (χ1v) is 3.62. The van der Waals surface area contributed by atoms with Crippen molar-refractivity contribution in [3.8, 4) is 0 Å². The second-order valence-electron chi connectivity index (χ2n) is 2.27. The fourth-order valence-electron chi connectivity index (χ4n) is 0.674. The van der Waals surface area contributed by atoms with E-state index >= 15 is 0 Å². The summed E-state index contributed by atoms with van der Waals surface area (Å²) in [5, 5.41) is 3.38. The van der Waals surface area contributed by atoms with Gasteiger partial charge in [0.1, 0.15) is 5.69 Å². The van der Waals surface area contributed by atoms with Crippen molar-refractivity contribution in [2.45, 2.75) is 6.92 Å². The first-order valence-electron chi connectivity index (χ1n) is 3.62. The van der Waals surface area contributed by atoms with E-state index in [0.717, 1.165) is 0 Å². The van der Waals surface area contributed by atoms with Crippen LogP contribution in [-0.4, -0.2) is 16.8 Å². The summed E-state index contributed by atoms with van der Waals surface area (Å²) < 4.78 is 0. The van der Waals surface area contributed by atoms with E-state index < -0.39 is 5.97 Å². The Balaban J connectivity index is 2.73. The van der Waals surface area contributed by atoms with Gasteiger partial charge in [-0.3, -0.25) is 4.98 Å². The molecule has 1 aromatic heterocycles. The zero-order valence-electron chi connectivity index (χ0n) is 7.10. The van der Waals surface area contributed by atoms with Crippen LogP contribution in [0.1, 0.15) is 12.6 Å². The smallest absolute Gasteiger partial charge is 0.332 e. The fourth-order valence-corrected chi connectivity index (χ4v) is 0.674. The minimum Gasteiger partial charge on any atom is -0.379 e. The van der Waals surface area contributed by atoms with Gasteiger partial charge in [0.2, 0.25) is 0 Å². The number of amidine groups is 1. The van der Waals surface area contributed by atoms with Gasteiger partial charge in [0, 0.05) is 13.1 Å². The number of oxime groups is 1. The summed E-state index contributed by atoms with van der Waals surface area (Å²) in [5.74, 6) is -0.435. The van der Waals surface area contributed by atoms with Crippen LogP contribution >= 0.6 is 0 Å². The third-order valence-corrected chi connectivity index (χ3v) is 1.20. The second-order valence-corrected chi connectivity index (χ2v) is 2.27. The molecular formula is C8H9N3O2. The monoisotopic (exact) mass is 179 g/mol. The van der Waals surface area contributed by atoms with Crippen LogP contribution in [0.2, 0.25) is 0 Å². The molecule has 0 fully saturated rings. The second kappa shape index (κ2) is 4.20. The Labute approximate surface area is 75.2 Å². The molecule has 68 valence electrons. The van der Waals surface area contributed by atoms with Crippen LogP contribution in [0.3, 0.4) is 0 Å². The molecule has 0 spiro atoms. The van der Waals surface area contributed by atoms with Crippen molar-refractivity contribution in [3.63, 3.8) is 0 Å². The van der Waals surface area contributed by atoms with E-state index in [4.69, 9.17) is 5.73 Å². The molecule has 0 saturated heterocycles. The molecule has 5 heteroatoms. The highest BCUT2D eigenvalue weighted by Gasteiger charge is 1.99. The van der Waals surface area contributed by atoms with Crippen LogP contribution in [0.15, 0.2) is 29.6 Å². The lowest BCUT2D eigenvalue weighted by Gasteiger charge is -1.96. The average Bonchev–Trinajstić information content (AvgIpc) is 2.15. The molecule has 13 heavy (non-hydrogen) atoms. The van der Waals surface area contributed by atoms with Crippen molar-refractivity contribution in [2.24, 2.45) is 10.9 Å². The summed E-state index contributed by atoms with van der Waals surface area (Å²) in [4.78, 5) is 18.6. The highest BCUT2D eigenvalue weighted by molar-refractivity contribution is 5.95. The molecule has 1 aromatic rings. The third kappa shape index (κ3) is 2.90. The molecule has 1 rings (SSSR count). The number of aromatic nitrogens is 1. The molecular weight excluding hydrogens is 170 g/mol. The number of rotatable bonds is 2. The summed E-state index contributed by atoms with van der Waals surface area (Å²) in [6.45, 7) is 1.25. The van der Waals surface area contributed by atoms with Gasteiger partial charge in [0.15, 0.2) is 5.84 Å². The first kappa shape index (κ1) is 9.18. The maximum Gasteiger partial charge on any atom is 0.332 e. The number of pyridine rings is 1. The van der Waals surface area contributed by atoms with E-state index in [-0.39, 0.29) is 5.84 Å². The summed E-state index contributed by atoms with van der Waals surface area (Å²) in [5.41, 5.74) is 5.93. The molecule has 0 unspecified atom stereocenters. The van der Waals surface area contributed by atoms with E-state index in [9.17, 15) is 4.79 Å². The fraction of sp³-hybridized carbons (Fsp3) is 0.125. The lowest BCUT2D eigenvalue weighted by molar-refractivity contribution is -0.140. The van der Waals surface area contributed by atoms with E-state index in [0.29, 0.717) is 5.69 Å². The van der Waals surface area contributed by atoms with Gasteiger partial charge in [-0.2, -0.15) is 0 Å². The van der Waals surface area contributed by atoms with Crippen molar-refractivity contribution >= 4 is 11.8 Å². The minimum absolute atomic E-state index is 0.0794. The topological polar surface area (TPSA) is 77.6 Å². The zero-order chi connectivity index (χ0) is 9.68. The molecule has 5 nitrogen and oxygen atoms in total. The van der Waals surface area contributed by atoms with Gasteiger partial charge in [-0.25, -0.2) is 4.79 Å². The van der Waals surface area contributed by atoms with Gasteiger partial charge < -0.3 is 10.6 Å². The van der Waals surface area contributed by atoms with Crippen LogP contribution in [0, 0.1) is 0 Å². The van der Waals surface area contributed by atoms with Crippen LogP contribution in [0.4, 0.5) is 0 Å². The zero-order valence-corrected chi connectivity index (χ0v) is 7.10. The van der Waals surface area contributed by atoms with Crippen molar-refractivity contribution < 1.29 is 9.63 Å². The summed E-state index contributed by atoms with van der Waals surface area (Å²) in [6.07, 6.45) is 1.57.